The molecule has 1 atom stereocenters. The van der Waals surface area contributed by atoms with E-state index in [0.29, 0.717) is 0 Å². The van der Waals surface area contributed by atoms with E-state index in [2.05, 4.69) is 5.32 Å². The summed E-state index contributed by atoms with van der Waals surface area (Å²) in [7, 11) is 0. The summed E-state index contributed by atoms with van der Waals surface area (Å²) >= 11 is 0. The molecule has 15 heavy (non-hydrogen) atoms. The summed E-state index contributed by atoms with van der Waals surface area (Å²) in [4.78, 5) is 10.1. The maximum Gasteiger partial charge on any atom is 1.00 e. The largest absolute Gasteiger partial charge is 1.00 e. The Kier molecular flexibility index (Phi) is 9.92. The molecule has 0 aliphatic carbocycles. The number of carbonyl (C=O) groups is 1. The third-order valence-electron chi connectivity index (χ3n) is 1.85. The van der Waals surface area contributed by atoms with Gasteiger partial charge in [-0.05, 0) is 0 Å². The van der Waals surface area contributed by atoms with Crippen LogP contribution in [0.15, 0.2) is 0 Å². The molecule has 0 heterocycles. The van der Waals surface area contributed by atoms with Gasteiger partial charge in [0.05, 0.1) is 31.3 Å². The van der Waals surface area contributed by atoms with Crippen LogP contribution in [0.2, 0.25) is 0 Å². The molecular weight excluding hydrogens is 217 g/mol. The van der Waals surface area contributed by atoms with E-state index in [4.69, 9.17) is 20.4 Å². The topological polar surface area (TPSA) is 133 Å². The molecule has 1 unspecified atom stereocenters. The Hall–Kier alpha value is 0.270. The van der Waals surface area contributed by atoms with E-state index in [-0.39, 0.29) is 29.6 Å². The van der Waals surface area contributed by atoms with Gasteiger partial charge in [-0.1, -0.05) is 0 Å². The van der Waals surface area contributed by atoms with Gasteiger partial charge in [0.1, 0.15) is 6.10 Å². The third-order valence-corrected chi connectivity index (χ3v) is 1.85. The van der Waals surface area contributed by atoms with Crippen molar-refractivity contribution in [1.29, 1.82) is 0 Å². The molecule has 7 nitrogen and oxygen atoms in total. The fourth-order valence-electron chi connectivity index (χ4n) is 0.714. The van der Waals surface area contributed by atoms with Crippen LogP contribution in [0.5, 0.6) is 0 Å². The fourth-order valence-corrected chi connectivity index (χ4v) is 0.714. The number of β-amino-alcohol motifs (C(OH)–C–C–N with tert-alkyl or cyclic N) is 1. The minimum absolute atomic E-state index is 0. The SMILES string of the molecule is O=C([O-])C(O)CNC(CO)(CO)CO.[Na+]. The molecule has 0 spiro atoms. The summed E-state index contributed by atoms with van der Waals surface area (Å²) in [5, 5.41) is 47.6. The summed E-state index contributed by atoms with van der Waals surface area (Å²) in [6.45, 7) is -2.18. The Labute approximate surface area is 109 Å². The van der Waals surface area contributed by atoms with Crippen LogP contribution in [0.3, 0.4) is 0 Å². The van der Waals surface area contributed by atoms with Crippen molar-refractivity contribution in [3.8, 4) is 0 Å². The van der Waals surface area contributed by atoms with Crippen molar-refractivity contribution < 1.29 is 59.9 Å². The minimum atomic E-state index is -1.75. The standard InChI is InChI=1S/C7H15NO6.Na/c9-2-7(3-10,4-11)8-1-5(12)6(13)14;/h5,8-12H,1-4H2,(H,13,14);/q;+1/p-1. The average Bonchev–Trinajstić information content (AvgIpc) is 2.20. The molecule has 0 bridgehead atoms. The molecule has 0 saturated heterocycles. The molecule has 0 aromatic rings. The molecule has 8 heteroatoms. The van der Waals surface area contributed by atoms with Crippen molar-refractivity contribution in [1.82, 2.24) is 5.32 Å². The Morgan fingerprint density at radius 3 is 1.93 bits per heavy atom. The van der Waals surface area contributed by atoms with Crippen LogP contribution in [0, 0.1) is 0 Å². The summed E-state index contributed by atoms with van der Waals surface area (Å²) < 4.78 is 0. The number of hydrogen-bond acceptors (Lipinski definition) is 7. The van der Waals surface area contributed by atoms with Crippen LogP contribution in [0.25, 0.3) is 0 Å². The zero-order valence-electron chi connectivity index (χ0n) is 8.51. The Morgan fingerprint density at radius 1 is 1.27 bits per heavy atom. The Morgan fingerprint density at radius 2 is 1.67 bits per heavy atom. The molecule has 0 aromatic heterocycles. The zero-order valence-corrected chi connectivity index (χ0v) is 10.5. The summed E-state index contributed by atoms with van der Waals surface area (Å²) in [5.74, 6) is -1.67. The maximum absolute atomic E-state index is 10.1. The Balaban J connectivity index is 0. The van der Waals surface area contributed by atoms with Crippen LogP contribution in [-0.4, -0.2) is 64.4 Å². The van der Waals surface area contributed by atoms with E-state index in [1.807, 2.05) is 0 Å². The molecular formula is C7H14NNaO6. The van der Waals surface area contributed by atoms with Crippen LogP contribution in [-0.2, 0) is 4.79 Å². The predicted octanol–water partition coefficient (Wildman–Crippen LogP) is -7.59. The number of aliphatic hydroxyl groups is 4. The maximum atomic E-state index is 10.1. The molecule has 0 fully saturated rings. The van der Waals surface area contributed by atoms with Crippen molar-refractivity contribution in [2.24, 2.45) is 0 Å². The number of nitrogens with one attached hydrogen (secondary N) is 1. The molecule has 5 N–H and O–H groups in total. The molecule has 0 radical (unpaired) electrons. The summed E-state index contributed by atoms with van der Waals surface area (Å²) in [5.41, 5.74) is -1.39. The molecule has 0 amide bonds. The summed E-state index contributed by atoms with van der Waals surface area (Å²) in [6.07, 6.45) is -1.75. The van der Waals surface area contributed by atoms with Gasteiger partial charge in [0.25, 0.3) is 0 Å². The second-order valence-electron chi connectivity index (χ2n) is 2.97. The monoisotopic (exact) mass is 231 g/mol. The number of carbonyl (C=O) groups excluding carboxylic acids is 1. The van der Waals surface area contributed by atoms with E-state index < -0.39 is 44.0 Å². The first-order chi connectivity index (χ1) is 6.51. The first-order valence-corrected chi connectivity index (χ1v) is 3.98. The van der Waals surface area contributed by atoms with Crippen LogP contribution in [0.1, 0.15) is 0 Å². The molecule has 0 aromatic carbocycles. The smallest absolute Gasteiger partial charge is 0.547 e. The van der Waals surface area contributed by atoms with Gasteiger partial charge >= 0.3 is 29.6 Å². The number of carboxylic acids is 1. The van der Waals surface area contributed by atoms with Crippen LogP contribution in [0.4, 0.5) is 0 Å². The summed E-state index contributed by atoms with van der Waals surface area (Å²) in [6, 6.07) is 0. The quantitative estimate of drug-likeness (QED) is 0.275. The van der Waals surface area contributed by atoms with Crippen LogP contribution < -0.4 is 40.0 Å². The number of aliphatic carboxylic acids is 1. The number of rotatable bonds is 7. The molecule has 84 valence electrons. The van der Waals surface area contributed by atoms with Gasteiger partial charge in [-0.2, -0.15) is 0 Å². The van der Waals surface area contributed by atoms with Crippen LogP contribution >= 0.6 is 0 Å². The van der Waals surface area contributed by atoms with E-state index in [1.54, 1.807) is 0 Å². The van der Waals surface area contributed by atoms with E-state index in [9.17, 15) is 9.90 Å². The van der Waals surface area contributed by atoms with E-state index in [0.717, 1.165) is 0 Å². The van der Waals surface area contributed by atoms with Crippen molar-refractivity contribution in [2.45, 2.75) is 11.6 Å². The van der Waals surface area contributed by atoms with Crippen molar-refractivity contribution in [3.05, 3.63) is 0 Å². The van der Waals surface area contributed by atoms with Gasteiger partial charge in [0.2, 0.25) is 0 Å². The Bertz CT molecular complexity index is 178. The normalized spacial score (nSPS) is 13.1. The molecule has 0 aliphatic rings. The second-order valence-corrected chi connectivity index (χ2v) is 2.97. The number of aliphatic hydroxyl groups excluding tert-OH is 4. The molecule has 0 saturated carbocycles. The first kappa shape index (κ1) is 17.7. The fraction of sp³-hybridized carbons (Fsp3) is 0.857. The van der Waals surface area contributed by atoms with Crippen molar-refractivity contribution in [2.75, 3.05) is 26.4 Å². The van der Waals surface area contributed by atoms with E-state index >= 15 is 0 Å². The van der Waals surface area contributed by atoms with Gasteiger partial charge in [-0.15, -0.1) is 0 Å². The molecule has 0 rings (SSSR count). The van der Waals surface area contributed by atoms with Gasteiger partial charge in [-0.3, -0.25) is 0 Å². The number of carboxylic acid groups (broad SMARTS) is 1. The van der Waals surface area contributed by atoms with Crippen molar-refractivity contribution in [3.63, 3.8) is 0 Å². The van der Waals surface area contributed by atoms with Crippen molar-refractivity contribution >= 4 is 5.97 Å². The van der Waals surface area contributed by atoms with Gasteiger partial charge in [0, 0.05) is 6.54 Å². The first-order valence-electron chi connectivity index (χ1n) is 3.98. The van der Waals surface area contributed by atoms with Gasteiger partial charge in [0.15, 0.2) is 0 Å². The molecule has 0 aliphatic heterocycles. The van der Waals surface area contributed by atoms with Gasteiger partial charge < -0.3 is 35.6 Å². The van der Waals surface area contributed by atoms with Gasteiger partial charge in [-0.25, -0.2) is 0 Å². The minimum Gasteiger partial charge on any atom is -0.547 e. The average molecular weight is 231 g/mol. The predicted molar refractivity (Wildman–Crippen MR) is 43.0 cm³/mol. The number of hydrogen-bond donors (Lipinski definition) is 5. The second kappa shape index (κ2) is 8.43. The zero-order chi connectivity index (χ0) is 11.2. The van der Waals surface area contributed by atoms with E-state index in [1.165, 1.54) is 0 Å². The third kappa shape index (κ3) is 5.79.